The van der Waals surface area contributed by atoms with Gasteiger partial charge >= 0.3 is 11.9 Å². The number of hydrogen-bond donors (Lipinski definition) is 4. The van der Waals surface area contributed by atoms with E-state index in [2.05, 4.69) is 20.9 Å². The van der Waals surface area contributed by atoms with Gasteiger partial charge in [0.25, 0.3) is 0 Å². The van der Waals surface area contributed by atoms with Crippen LogP contribution in [0.25, 0.3) is 22.2 Å². The smallest absolute Gasteiger partial charge is 0.328 e. The van der Waals surface area contributed by atoms with E-state index in [9.17, 15) is 14.7 Å². The summed E-state index contributed by atoms with van der Waals surface area (Å²) < 4.78 is 5.37. The third-order valence-corrected chi connectivity index (χ3v) is 4.87. The van der Waals surface area contributed by atoms with E-state index in [0.29, 0.717) is 29.0 Å². The van der Waals surface area contributed by atoms with E-state index in [1.54, 1.807) is 18.2 Å². The zero-order valence-electron chi connectivity index (χ0n) is 17.6. The largest absolute Gasteiger partial charge is 0.494 e. The Labute approximate surface area is 189 Å². The van der Waals surface area contributed by atoms with Crippen LogP contribution in [0.2, 0.25) is 0 Å². The number of aromatic hydroxyl groups is 1. The van der Waals surface area contributed by atoms with Gasteiger partial charge in [-0.3, -0.25) is 9.88 Å². The van der Waals surface area contributed by atoms with E-state index in [4.69, 9.17) is 20.2 Å². The monoisotopic (exact) mass is 450 g/mol. The van der Waals surface area contributed by atoms with E-state index < -0.39 is 11.9 Å². The highest BCUT2D eigenvalue weighted by molar-refractivity contribution is 5.98. The third kappa shape index (κ3) is 6.39. The number of H-pyrrole nitrogens is 1. The van der Waals surface area contributed by atoms with Crippen LogP contribution in [0.1, 0.15) is 11.1 Å². The number of fused-ring (bicyclic) bond motifs is 1. The van der Waals surface area contributed by atoms with Crippen molar-refractivity contribution in [3.05, 3.63) is 59.8 Å². The molecule has 1 aromatic carbocycles. The number of nitrogens with one attached hydrogen (secondary N) is 1. The molecule has 4 rings (SSSR count). The second-order valence-electron chi connectivity index (χ2n) is 7.17. The number of carboxylic acid groups (broad SMARTS) is 2. The normalized spacial score (nSPS) is 13.9. The first-order chi connectivity index (χ1) is 15.9. The van der Waals surface area contributed by atoms with Crippen molar-refractivity contribution in [2.24, 2.45) is 0 Å². The van der Waals surface area contributed by atoms with E-state index in [1.807, 2.05) is 18.3 Å². The summed E-state index contributed by atoms with van der Waals surface area (Å²) in [7, 11) is 0. The van der Waals surface area contributed by atoms with E-state index in [0.717, 1.165) is 49.3 Å². The van der Waals surface area contributed by atoms with Gasteiger partial charge in [-0.15, -0.1) is 0 Å². The second-order valence-corrected chi connectivity index (χ2v) is 7.17. The molecule has 10 nitrogen and oxygen atoms in total. The molecule has 1 aliphatic rings. The lowest BCUT2D eigenvalue weighted by atomic mass is 10.1. The van der Waals surface area contributed by atoms with Crippen LogP contribution in [0.15, 0.2) is 48.7 Å². The highest BCUT2D eigenvalue weighted by Gasteiger charge is 2.15. The van der Waals surface area contributed by atoms with Gasteiger partial charge in [-0.25, -0.2) is 9.59 Å². The van der Waals surface area contributed by atoms with Gasteiger partial charge in [-0.1, -0.05) is 6.07 Å². The fraction of sp³-hybridized carbons (Fsp3) is 0.217. The number of hydrogen-bond acceptors (Lipinski definition) is 7. The van der Waals surface area contributed by atoms with Crippen LogP contribution >= 0.6 is 0 Å². The molecule has 33 heavy (non-hydrogen) atoms. The number of aromatic amines is 1. The number of morpholine rings is 1. The molecule has 0 bridgehead atoms. The lowest BCUT2D eigenvalue weighted by Crippen LogP contribution is -2.35. The molecule has 0 aliphatic carbocycles. The molecule has 0 atom stereocenters. The van der Waals surface area contributed by atoms with Gasteiger partial charge in [-0.2, -0.15) is 5.26 Å². The number of rotatable bonds is 5. The van der Waals surface area contributed by atoms with E-state index >= 15 is 0 Å². The number of carboxylic acids is 2. The number of aromatic nitrogens is 2. The van der Waals surface area contributed by atoms with Crippen molar-refractivity contribution in [2.75, 3.05) is 26.3 Å². The van der Waals surface area contributed by atoms with Crippen molar-refractivity contribution >= 4 is 22.8 Å². The van der Waals surface area contributed by atoms with Crippen LogP contribution in [-0.4, -0.2) is 68.4 Å². The molecule has 4 N–H and O–H groups in total. The standard InChI is InChI=1S/C19H18N4O2.C4H4O4/c20-10-13-1-3-16-15(9-13)18(19(24)22-16)17-4-2-14(11-21-17)12-23-5-7-25-8-6-23;5-3(6)1-2-4(7)8/h1-4,9,11,22,24H,5-8,12H2;1-2H,(H,5,6)(H,7,8)/b;2-1-. The Morgan fingerprint density at radius 3 is 2.42 bits per heavy atom. The van der Waals surface area contributed by atoms with Gasteiger partial charge in [0.2, 0.25) is 0 Å². The van der Waals surface area contributed by atoms with Crippen molar-refractivity contribution in [2.45, 2.75) is 6.54 Å². The van der Waals surface area contributed by atoms with Gasteiger partial charge in [0.1, 0.15) is 0 Å². The predicted molar refractivity (Wildman–Crippen MR) is 118 cm³/mol. The Morgan fingerprint density at radius 1 is 1.15 bits per heavy atom. The Balaban J connectivity index is 0.000000331. The molecular weight excluding hydrogens is 428 g/mol. The Hall–Kier alpha value is -4.20. The summed E-state index contributed by atoms with van der Waals surface area (Å²) in [6.45, 7) is 4.25. The number of benzene rings is 1. The summed E-state index contributed by atoms with van der Waals surface area (Å²) in [6, 6.07) is 11.4. The topological polar surface area (TPSA) is 160 Å². The SMILES string of the molecule is N#Cc1ccc2[nH]c(O)c(-c3ccc(CN4CCOCC4)cn3)c2c1.O=C(O)/C=C\C(=O)O. The first kappa shape index (κ1) is 23.5. The van der Waals surface area contributed by atoms with Crippen molar-refractivity contribution < 1.29 is 29.6 Å². The molecule has 170 valence electrons. The van der Waals surface area contributed by atoms with Gasteiger partial charge in [-0.05, 0) is 29.8 Å². The maximum Gasteiger partial charge on any atom is 0.328 e. The maximum atomic E-state index is 10.3. The summed E-state index contributed by atoms with van der Waals surface area (Å²) >= 11 is 0. The molecule has 3 heterocycles. The molecule has 0 saturated carbocycles. The second kappa shape index (κ2) is 10.9. The van der Waals surface area contributed by atoms with Crippen molar-refractivity contribution in [1.29, 1.82) is 5.26 Å². The molecule has 1 saturated heterocycles. The highest BCUT2D eigenvalue weighted by Crippen LogP contribution is 2.36. The summed E-state index contributed by atoms with van der Waals surface area (Å²) in [5.41, 5.74) is 3.78. The zero-order chi connectivity index (χ0) is 23.8. The number of pyridine rings is 1. The van der Waals surface area contributed by atoms with E-state index in [-0.39, 0.29) is 5.88 Å². The molecule has 0 spiro atoms. The molecule has 10 heteroatoms. The molecule has 1 fully saturated rings. The molecule has 0 amide bonds. The number of nitrogens with zero attached hydrogens (tertiary/aromatic N) is 3. The highest BCUT2D eigenvalue weighted by atomic mass is 16.5. The average Bonchev–Trinajstić information content (AvgIpc) is 3.14. The average molecular weight is 450 g/mol. The number of aliphatic carboxylic acids is 2. The lowest BCUT2D eigenvalue weighted by Gasteiger charge is -2.26. The molecule has 0 unspecified atom stereocenters. The van der Waals surface area contributed by atoms with E-state index in [1.165, 1.54) is 0 Å². The number of nitriles is 1. The van der Waals surface area contributed by atoms with Crippen LogP contribution in [0.5, 0.6) is 5.88 Å². The van der Waals surface area contributed by atoms with Gasteiger partial charge in [0.15, 0.2) is 5.88 Å². The van der Waals surface area contributed by atoms with Gasteiger partial charge < -0.3 is 25.0 Å². The molecule has 1 aliphatic heterocycles. The summed E-state index contributed by atoms with van der Waals surface area (Å²) in [4.78, 5) is 28.9. The Morgan fingerprint density at radius 2 is 1.85 bits per heavy atom. The molecule has 0 radical (unpaired) electrons. The Kier molecular flexibility index (Phi) is 7.75. The van der Waals surface area contributed by atoms with Crippen LogP contribution < -0.4 is 0 Å². The van der Waals surface area contributed by atoms with Crippen LogP contribution in [0.3, 0.4) is 0 Å². The van der Waals surface area contributed by atoms with Crippen LogP contribution in [0.4, 0.5) is 0 Å². The summed E-state index contributed by atoms with van der Waals surface area (Å²) in [5, 5.41) is 35.8. The minimum Gasteiger partial charge on any atom is -0.494 e. The maximum absolute atomic E-state index is 10.3. The van der Waals surface area contributed by atoms with Gasteiger partial charge in [0, 0.05) is 48.9 Å². The minimum atomic E-state index is -1.26. The third-order valence-electron chi connectivity index (χ3n) is 4.87. The van der Waals surface area contributed by atoms with Crippen molar-refractivity contribution in [3.8, 4) is 23.2 Å². The lowest BCUT2D eigenvalue weighted by molar-refractivity contribution is -0.134. The molecule has 3 aromatic rings. The Bertz CT molecular complexity index is 1190. The quantitative estimate of drug-likeness (QED) is 0.428. The summed E-state index contributed by atoms with van der Waals surface area (Å²) in [6.07, 6.45) is 2.96. The van der Waals surface area contributed by atoms with Gasteiger partial charge in [0.05, 0.1) is 36.1 Å². The molecular formula is C23H22N4O6. The first-order valence-corrected chi connectivity index (χ1v) is 10.0. The first-order valence-electron chi connectivity index (χ1n) is 10.0. The number of carbonyl (C=O) groups is 2. The zero-order valence-corrected chi connectivity index (χ0v) is 17.6. The minimum absolute atomic E-state index is 0.0681. The molecule has 2 aromatic heterocycles. The predicted octanol–water partition coefficient (Wildman–Crippen LogP) is 2.35. The van der Waals surface area contributed by atoms with Crippen LogP contribution in [0, 0.1) is 11.3 Å². The van der Waals surface area contributed by atoms with Crippen LogP contribution in [-0.2, 0) is 20.9 Å². The fourth-order valence-corrected chi connectivity index (χ4v) is 3.33. The van der Waals surface area contributed by atoms with Crippen molar-refractivity contribution in [1.82, 2.24) is 14.9 Å². The fourth-order valence-electron chi connectivity index (χ4n) is 3.33. The summed E-state index contributed by atoms with van der Waals surface area (Å²) in [5.74, 6) is -2.45. The number of ether oxygens (including phenoxy) is 1. The van der Waals surface area contributed by atoms with Crippen molar-refractivity contribution in [3.63, 3.8) is 0 Å².